The molecule has 0 aliphatic heterocycles. The number of furan rings is 1. The number of nitrogens with zero attached hydrogens (tertiary/aromatic N) is 3. The fourth-order valence-electron chi connectivity index (χ4n) is 6.20. The summed E-state index contributed by atoms with van der Waals surface area (Å²) in [6.07, 6.45) is 0. The normalized spacial score (nSPS) is 12.7. The molecule has 0 bridgehead atoms. The molecule has 0 spiro atoms. The van der Waals surface area contributed by atoms with Crippen LogP contribution in [0.3, 0.4) is 0 Å². The van der Waals surface area contributed by atoms with Crippen molar-refractivity contribution in [3.8, 4) is 67.5 Å². The lowest BCUT2D eigenvalue weighted by Gasteiger charge is -2.10. The molecule has 0 atom stereocenters. The lowest BCUT2D eigenvalue weighted by molar-refractivity contribution is 0.669. The number of aromatic nitrogens is 3. The minimum atomic E-state index is -0.425. The molecule has 9 aromatic rings. The molecule has 0 aliphatic carbocycles. The van der Waals surface area contributed by atoms with Crippen molar-refractivity contribution in [3.05, 3.63) is 176 Å². The molecule has 0 amide bonds. The predicted octanol–water partition coefficient (Wildman–Crippen LogP) is 11.8. The predicted molar refractivity (Wildman–Crippen MR) is 200 cm³/mol. The van der Waals surface area contributed by atoms with Crippen molar-refractivity contribution in [1.29, 1.82) is 0 Å². The highest BCUT2D eigenvalue weighted by atomic mass is 16.3. The van der Waals surface area contributed by atoms with Crippen LogP contribution in [0.4, 0.5) is 0 Å². The van der Waals surface area contributed by atoms with Crippen LogP contribution in [0.25, 0.3) is 89.5 Å². The van der Waals surface area contributed by atoms with E-state index in [9.17, 15) is 0 Å². The van der Waals surface area contributed by atoms with Crippen molar-refractivity contribution in [2.45, 2.75) is 0 Å². The van der Waals surface area contributed by atoms with Crippen molar-refractivity contribution in [2.24, 2.45) is 0 Å². The first kappa shape index (κ1) is 23.6. The smallest absolute Gasteiger partial charge is 0.164 e. The topological polar surface area (TPSA) is 51.8 Å². The molecule has 0 fully saturated rings. The third-order valence-electron chi connectivity index (χ3n) is 8.66. The maximum Gasteiger partial charge on any atom is 0.164 e. The molecule has 4 nitrogen and oxygen atoms in total. The summed E-state index contributed by atoms with van der Waals surface area (Å²) in [5.74, 6) is 1.39. The Labute approximate surface area is 291 Å². The first-order chi connectivity index (χ1) is 26.3. The van der Waals surface area contributed by atoms with Crippen molar-refractivity contribution in [3.63, 3.8) is 0 Å². The molecule has 2 aromatic heterocycles. The number of benzene rings is 7. The molecule has 0 radical (unpaired) electrons. The van der Waals surface area contributed by atoms with Gasteiger partial charge in [0.1, 0.15) is 11.2 Å². The van der Waals surface area contributed by atoms with Crippen LogP contribution < -0.4 is 0 Å². The van der Waals surface area contributed by atoms with Gasteiger partial charge in [0, 0.05) is 27.5 Å². The van der Waals surface area contributed by atoms with E-state index in [2.05, 4.69) is 48.5 Å². The Bertz CT molecular complexity index is 2830. The largest absolute Gasteiger partial charge is 0.456 e. The lowest BCUT2D eigenvalue weighted by atomic mass is 9.98. The van der Waals surface area contributed by atoms with E-state index in [0.717, 1.165) is 44.2 Å². The molecule has 49 heavy (non-hydrogen) atoms. The van der Waals surface area contributed by atoms with Crippen molar-refractivity contribution < 1.29 is 11.3 Å². The summed E-state index contributed by atoms with van der Waals surface area (Å²) in [5, 5.41) is 1.83. The standard InChI is InChI=1S/C45H29N3O/c1-4-11-30(12-5-1)32-19-21-34(22-20-32)37-27-28-40-39(29-37)42-38(17-10-18-41(42)49-40)45-47-43(35-15-8-3-9-16-35)46-44(48-45)36-25-23-33(24-26-36)31-13-6-2-7-14-31/h1-29H/i2D,6D,7D,13D,14D. The van der Waals surface area contributed by atoms with E-state index in [1.165, 1.54) is 5.56 Å². The first-order valence-electron chi connectivity index (χ1n) is 18.4. The second-order valence-electron chi connectivity index (χ2n) is 11.7. The van der Waals surface area contributed by atoms with E-state index in [1.807, 2.05) is 72.8 Å². The molecule has 0 saturated heterocycles. The van der Waals surface area contributed by atoms with Gasteiger partial charge in [0.05, 0.1) is 6.85 Å². The average Bonchev–Trinajstić information content (AvgIpc) is 3.61. The fraction of sp³-hybridized carbons (Fsp3) is 0. The number of rotatable bonds is 6. The molecule has 7 aromatic carbocycles. The molecule has 0 aliphatic rings. The average molecular weight is 633 g/mol. The second-order valence-corrected chi connectivity index (χ2v) is 11.7. The molecule has 230 valence electrons. The SMILES string of the molecule is [2H]c1c([2H])c([2H])c(-c2ccc(-c3nc(-c4ccccc4)nc(-c4cccc5oc6ccc(-c7ccc(-c8ccccc8)cc7)cc6c45)n3)cc2)c([2H])c1[2H]. The van der Waals surface area contributed by atoms with Crippen molar-refractivity contribution in [2.75, 3.05) is 0 Å². The summed E-state index contributed by atoms with van der Waals surface area (Å²) < 4.78 is 47.5. The van der Waals surface area contributed by atoms with Gasteiger partial charge < -0.3 is 4.42 Å². The van der Waals surface area contributed by atoms with Gasteiger partial charge >= 0.3 is 0 Å². The highest BCUT2D eigenvalue weighted by Crippen LogP contribution is 2.38. The highest BCUT2D eigenvalue weighted by molar-refractivity contribution is 6.12. The zero-order chi connectivity index (χ0) is 36.9. The molecule has 9 rings (SSSR count). The molecular weight excluding hydrogens is 599 g/mol. The van der Waals surface area contributed by atoms with Gasteiger partial charge in [-0.15, -0.1) is 0 Å². The van der Waals surface area contributed by atoms with Gasteiger partial charge in [-0.1, -0.05) is 158 Å². The van der Waals surface area contributed by atoms with Crippen LogP contribution in [0.2, 0.25) is 0 Å². The molecule has 0 saturated carbocycles. The van der Waals surface area contributed by atoms with E-state index in [4.69, 9.17) is 26.2 Å². The zero-order valence-corrected chi connectivity index (χ0v) is 26.1. The monoisotopic (exact) mass is 632 g/mol. The number of hydrogen-bond acceptors (Lipinski definition) is 4. The zero-order valence-electron chi connectivity index (χ0n) is 31.1. The molecule has 0 unspecified atom stereocenters. The van der Waals surface area contributed by atoms with Crippen LogP contribution in [0, 0.1) is 0 Å². The third-order valence-corrected chi connectivity index (χ3v) is 8.66. The van der Waals surface area contributed by atoms with Crippen LogP contribution in [-0.2, 0) is 0 Å². The van der Waals surface area contributed by atoms with E-state index in [1.54, 1.807) is 24.3 Å². The van der Waals surface area contributed by atoms with Crippen LogP contribution in [0.1, 0.15) is 6.85 Å². The van der Waals surface area contributed by atoms with Crippen molar-refractivity contribution >= 4 is 21.9 Å². The molecule has 2 heterocycles. The summed E-state index contributed by atoms with van der Waals surface area (Å²) in [4.78, 5) is 14.9. The Kier molecular flexibility index (Phi) is 5.87. The summed E-state index contributed by atoms with van der Waals surface area (Å²) in [5.41, 5.74) is 8.85. The lowest BCUT2D eigenvalue weighted by Crippen LogP contribution is -2.00. The highest BCUT2D eigenvalue weighted by Gasteiger charge is 2.18. The fourth-order valence-corrected chi connectivity index (χ4v) is 6.20. The third kappa shape index (κ3) is 5.45. The Hall–Kier alpha value is -6.65. The number of fused-ring (bicyclic) bond motifs is 3. The van der Waals surface area contributed by atoms with Crippen LogP contribution in [-0.4, -0.2) is 15.0 Å². The maximum atomic E-state index is 8.44. The molecule has 4 heteroatoms. The van der Waals surface area contributed by atoms with Gasteiger partial charge in [-0.2, -0.15) is 0 Å². The van der Waals surface area contributed by atoms with E-state index < -0.39 is 6.04 Å². The quantitative estimate of drug-likeness (QED) is 0.183. The first-order valence-corrected chi connectivity index (χ1v) is 15.9. The second kappa shape index (κ2) is 12.2. The van der Waals surface area contributed by atoms with Crippen LogP contribution in [0.15, 0.2) is 180 Å². The van der Waals surface area contributed by atoms with Gasteiger partial charge in [0.15, 0.2) is 17.5 Å². The summed E-state index contributed by atoms with van der Waals surface area (Å²) in [6.45, 7) is 0. The van der Waals surface area contributed by atoms with Gasteiger partial charge in [0.2, 0.25) is 0 Å². The minimum Gasteiger partial charge on any atom is -0.456 e. The van der Waals surface area contributed by atoms with Gasteiger partial charge in [-0.05, 0) is 51.6 Å². The van der Waals surface area contributed by atoms with Gasteiger partial charge in [-0.25, -0.2) is 15.0 Å². The molecular formula is C45H29N3O. The van der Waals surface area contributed by atoms with Gasteiger partial charge in [0.25, 0.3) is 0 Å². The number of hydrogen-bond donors (Lipinski definition) is 0. The summed E-state index contributed by atoms with van der Waals surface area (Å²) >= 11 is 0. The van der Waals surface area contributed by atoms with Crippen molar-refractivity contribution in [1.82, 2.24) is 15.0 Å². The van der Waals surface area contributed by atoms with E-state index in [-0.39, 0.29) is 29.7 Å². The van der Waals surface area contributed by atoms with Gasteiger partial charge in [-0.3, -0.25) is 0 Å². The summed E-state index contributed by atoms with van der Waals surface area (Å²) in [7, 11) is 0. The van der Waals surface area contributed by atoms with Crippen LogP contribution in [0.5, 0.6) is 0 Å². The van der Waals surface area contributed by atoms with Crippen LogP contribution >= 0.6 is 0 Å². The van der Waals surface area contributed by atoms with E-state index >= 15 is 0 Å². The van der Waals surface area contributed by atoms with E-state index in [0.29, 0.717) is 34.2 Å². The Balaban J connectivity index is 1.17. The maximum absolute atomic E-state index is 8.44. The molecule has 0 N–H and O–H groups in total. The Morgan fingerprint density at radius 1 is 0.388 bits per heavy atom. The Morgan fingerprint density at radius 3 is 1.57 bits per heavy atom. The Morgan fingerprint density at radius 2 is 0.898 bits per heavy atom. The summed E-state index contributed by atoms with van der Waals surface area (Å²) in [6, 6.07) is 46.1. The minimum absolute atomic E-state index is 0.138.